The van der Waals surface area contributed by atoms with E-state index in [9.17, 15) is 9.59 Å². The molecule has 0 saturated carbocycles. The summed E-state index contributed by atoms with van der Waals surface area (Å²) >= 11 is 6.19. The lowest BCUT2D eigenvalue weighted by Gasteiger charge is -2.31. The fourth-order valence-corrected chi connectivity index (χ4v) is 4.05. The van der Waals surface area contributed by atoms with Crippen molar-refractivity contribution in [2.75, 3.05) is 32.6 Å². The van der Waals surface area contributed by atoms with Crippen molar-refractivity contribution in [2.24, 2.45) is 5.92 Å². The number of pyridine rings is 1. The van der Waals surface area contributed by atoms with Crippen LogP contribution in [0.3, 0.4) is 0 Å². The minimum absolute atomic E-state index is 0.134. The molecule has 172 valence electrons. The first-order chi connectivity index (χ1) is 16.0. The summed E-state index contributed by atoms with van der Waals surface area (Å²) in [5.74, 6) is 0.424. The van der Waals surface area contributed by atoms with Crippen LogP contribution in [0.5, 0.6) is 11.5 Å². The maximum absolute atomic E-state index is 12.9. The molecule has 2 amide bonds. The molecule has 10 heteroatoms. The fraction of sp³-hybridized carbons (Fsp3) is 0.304. The van der Waals surface area contributed by atoms with Crippen molar-refractivity contribution in [3.05, 3.63) is 53.4 Å². The van der Waals surface area contributed by atoms with Gasteiger partial charge in [0.25, 0.3) is 5.91 Å². The molecule has 1 aliphatic heterocycles. The molecule has 1 aliphatic rings. The van der Waals surface area contributed by atoms with Gasteiger partial charge in [0.2, 0.25) is 5.91 Å². The van der Waals surface area contributed by atoms with E-state index in [1.807, 2.05) is 12.1 Å². The van der Waals surface area contributed by atoms with Crippen LogP contribution in [-0.2, 0) is 4.79 Å². The normalized spacial score (nSPS) is 14.1. The van der Waals surface area contributed by atoms with Crippen molar-refractivity contribution < 1.29 is 19.1 Å². The Labute approximate surface area is 196 Å². The summed E-state index contributed by atoms with van der Waals surface area (Å²) in [5, 5.41) is 10.3. The molecule has 4 rings (SSSR count). The highest BCUT2D eigenvalue weighted by Crippen LogP contribution is 2.36. The predicted molar refractivity (Wildman–Crippen MR) is 124 cm³/mol. The van der Waals surface area contributed by atoms with Crippen LogP contribution < -0.4 is 14.8 Å². The monoisotopic (exact) mass is 469 g/mol. The van der Waals surface area contributed by atoms with Crippen LogP contribution in [0.25, 0.3) is 11.3 Å². The SMILES string of the molecule is COc1cc(OC)c(NC(=O)C2CCN(C(=O)c3cc(-c4ccncc4)n[nH]3)CC2)cc1Cl. The van der Waals surface area contributed by atoms with Gasteiger partial charge in [-0.25, -0.2) is 0 Å². The maximum Gasteiger partial charge on any atom is 0.271 e. The lowest BCUT2D eigenvalue weighted by Crippen LogP contribution is -2.41. The van der Waals surface area contributed by atoms with Crippen LogP contribution in [0.1, 0.15) is 23.3 Å². The van der Waals surface area contributed by atoms with E-state index >= 15 is 0 Å². The molecule has 0 radical (unpaired) electrons. The van der Waals surface area contributed by atoms with Crippen molar-refractivity contribution in [1.82, 2.24) is 20.1 Å². The number of nitrogens with zero attached hydrogens (tertiary/aromatic N) is 3. The van der Waals surface area contributed by atoms with Crippen molar-refractivity contribution in [1.29, 1.82) is 0 Å². The average Bonchev–Trinajstić information content (AvgIpc) is 3.35. The number of anilines is 1. The zero-order valence-electron chi connectivity index (χ0n) is 18.3. The second-order valence-electron chi connectivity index (χ2n) is 7.65. The number of carbonyl (C=O) groups is 2. The van der Waals surface area contributed by atoms with Crippen molar-refractivity contribution in [3.63, 3.8) is 0 Å². The molecule has 0 unspecified atom stereocenters. The molecule has 0 aliphatic carbocycles. The number of hydrogen-bond donors (Lipinski definition) is 2. The van der Waals surface area contributed by atoms with E-state index in [1.54, 1.807) is 35.5 Å². The number of amides is 2. The highest BCUT2D eigenvalue weighted by molar-refractivity contribution is 6.32. The van der Waals surface area contributed by atoms with E-state index in [1.165, 1.54) is 14.2 Å². The number of carbonyl (C=O) groups excluding carboxylic acids is 2. The number of piperidine rings is 1. The topological polar surface area (TPSA) is 109 Å². The Morgan fingerprint density at radius 3 is 2.45 bits per heavy atom. The van der Waals surface area contributed by atoms with Gasteiger partial charge >= 0.3 is 0 Å². The number of likely N-dealkylation sites (tertiary alicyclic amines) is 1. The van der Waals surface area contributed by atoms with Crippen LogP contribution in [0.2, 0.25) is 5.02 Å². The third-order valence-corrected chi connectivity index (χ3v) is 5.96. The summed E-state index contributed by atoms with van der Waals surface area (Å²) in [4.78, 5) is 31.5. The number of hydrogen-bond acceptors (Lipinski definition) is 6. The number of rotatable bonds is 6. The van der Waals surface area contributed by atoms with Crippen LogP contribution >= 0.6 is 11.6 Å². The molecule has 2 N–H and O–H groups in total. The summed E-state index contributed by atoms with van der Waals surface area (Å²) in [5.41, 5.74) is 2.46. The van der Waals surface area contributed by atoms with Gasteiger partial charge in [0.15, 0.2) is 0 Å². The van der Waals surface area contributed by atoms with E-state index in [4.69, 9.17) is 21.1 Å². The van der Waals surface area contributed by atoms with Gasteiger partial charge in [-0.15, -0.1) is 0 Å². The lowest BCUT2D eigenvalue weighted by molar-refractivity contribution is -0.121. The molecule has 3 heterocycles. The van der Waals surface area contributed by atoms with Crippen molar-refractivity contribution in [3.8, 4) is 22.8 Å². The molecule has 1 aromatic carbocycles. The van der Waals surface area contributed by atoms with E-state index in [0.717, 1.165) is 5.56 Å². The highest BCUT2D eigenvalue weighted by Gasteiger charge is 2.29. The first-order valence-corrected chi connectivity index (χ1v) is 10.9. The maximum atomic E-state index is 12.9. The highest BCUT2D eigenvalue weighted by atomic mass is 35.5. The van der Waals surface area contributed by atoms with E-state index in [0.29, 0.717) is 59.5 Å². The molecule has 1 fully saturated rings. The van der Waals surface area contributed by atoms with Gasteiger partial charge in [-0.3, -0.25) is 19.7 Å². The molecule has 3 aromatic rings. The summed E-state index contributed by atoms with van der Waals surface area (Å²) < 4.78 is 10.5. The number of aromatic amines is 1. The van der Waals surface area contributed by atoms with Crippen LogP contribution in [0, 0.1) is 5.92 Å². The average molecular weight is 470 g/mol. The second kappa shape index (κ2) is 9.91. The molecular weight excluding hydrogens is 446 g/mol. The molecule has 9 nitrogen and oxygen atoms in total. The minimum atomic E-state index is -0.228. The lowest BCUT2D eigenvalue weighted by atomic mass is 9.95. The van der Waals surface area contributed by atoms with Gasteiger partial charge in [0.1, 0.15) is 17.2 Å². The van der Waals surface area contributed by atoms with Gasteiger partial charge in [-0.2, -0.15) is 5.10 Å². The Bertz CT molecular complexity index is 1140. The largest absolute Gasteiger partial charge is 0.495 e. The number of methoxy groups -OCH3 is 2. The first-order valence-electron chi connectivity index (χ1n) is 10.5. The quantitative estimate of drug-likeness (QED) is 0.570. The Balaban J connectivity index is 1.36. The molecule has 0 spiro atoms. The van der Waals surface area contributed by atoms with Gasteiger partial charge in [-0.05, 0) is 37.1 Å². The molecule has 2 aromatic heterocycles. The van der Waals surface area contributed by atoms with Crippen LogP contribution in [-0.4, -0.2) is 59.2 Å². The number of benzene rings is 1. The fourth-order valence-electron chi connectivity index (χ4n) is 3.81. The van der Waals surface area contributed by atoms with Gasteiger partial charge in [-0.1, -0.05) is 11.6 Å². The predicted octanol–water partition coefficient (Wildman–Crippen LogP) is 3.63. The summed E-state index contributed by atoms with van der Waals surface area (Å²) in [6.45, 7) is 0.946. The molecule has 1 saturated heterocycles. The third-order valence-electron chi connectivity index (χ3n) is 5.67. The molecular formula is C23H24ClN5O4. The number of H-pyrrole nitrogens is 1. The third kappa shape index (κ3) is 4.93. The summed E-state index contributed by atoms with van der Waals surface area (Å²) in [7, 11) is 3.02. The zero-order chi connectivity index (χ0) is 23.4. The van der Waals surface area contributed by atoms with Gasteiger partial charge < -0.3 is 19.7 Å². The number of halogens is 1. The molecule has 33 heavy (non-hydrogen) atoms. The number of nitrogens with one attached hydrogen (secondary N) is 2. The Morgan fingerprint density at radius 1 is 1.09 bits per heavy atom. The van der Waals surface area contributed by atoms with Crippen molar-refractivity contribution >= 4 is 29.1 Å². The van der Waals surface area contributed by atoms with Gasteiger partial charge in [0, 0.05) is 43.0 Å². The molecule has 0 bridgehead atoms. The summed E-state index contributed by atoms with van der Waals surface area (Å²) in [6.07, 6.45) is 4.46. The first kappa shape index (κ1) is 22.6. The van der Waals surface area contributed by atoms with Crippen LogP contribution in [0.4, 0.5) is 5.69 Å². The van der Waals surface area contributed by atoms with E-state index in [2.05, 4.69) is 20.5 Å². The Morgan fingerprint density at radius 2 is 1.79 bits per heavy atom. The standard InChI is InChI=1S/C23H24ClN5O4/c1-32-20-13-21(33-2)18(11-16(20)24)26-22(30)15-5-9-29(10-6-15)23(31)19-12-17(27-28-19)14-3-7-25-8-4-14/h3-4,7-8,11-13,15H,5-6,9-10H2,1-2H3,(H,26,30)(H,27,28). The smallest absolute Gasteiger partial charge is 0.271 e. The minimum Gasteiger partial charge on any atom is -0.495 e. The number of ether oxygens (including phenoxy) is 2. The Kier molecular flexibility index (Phi) is 6.79. The van der Waals surface area contributed by atoms with Crippen molar-refractivity contribution in [2.45, 2.75) is 12.8 Å². The number of aromatic nitrogens is 3. The molecule has 0 atom stereocenters. The van der Waals surface area contributed by atoms with E-state index in [-0.39, 0.29) is 17.7 Å². The summed E-state index contributed by atoms with van der Waals surface area (Å²) in [6, 6.07) is 8.63. The second-order valence-corrected chi connectivity index (χ2v) is 8.05. The van der Waals surface area contributed by atoms with Gasteiger partial charge in [0.05, 0.1) is 30.6 Å². The Hall–Kier alpha value is -3.59. The van der Waals surface area contributed by atoms with Crippen LogP contribution in [0.15, 0.2) is 42.7 Å². The zero-order valence-corrected chi connectivity index (χ0v) is 19.1. The van der Waals surface area contributed by atoms with E-state index < -0.39 is 0 Å².